The molecule has 8 amide bonds. The number of ether oxygens (including phenoxy) is 1. The number of likely N-dealkylation sites (tertiary alicyclic amines) is 2. The van der Waals surface area contributed by atoms with Gasteiger partial charge in [0.1, 0.15) is 30.8 Å². The minimum Gasteiger partial charge on any atom is -0.445 e. The van der Waals surface area contributed by atoms with Crippen molar-refractivity contribution in [2.24, 2.45) is 11.1 Å². The molecular formula is C58H80N10O9. The lowest BCUT2D eigenvalue weighted by molar-refractivity contribution is -0.144. The first-order valence-electron chi connectivity index (χ1n) is 27.5. The predicted octanol–water partition coefficient (Wildman–Crippen LogP) is 3.89. The molecule has 7 rings (SSSR count). The monoisotopic (exact) mass is 1060 g/mol. The van der Waals surface area contributed by atoms with E-state index in [1.54, 1.807) is 14.0 Å². The lowest BCUT2D eigenvalue weighted by Gasteiger charge is -2.36. The summed E-state index contributed by atoms with van der Waals surface area (Å²) < 4.78 is 5.49. The van der Waals surface area contributed by atoms with Gasteiger partial charge in [-0.1, -0.05) is 99.6 Å². The molecule has 2 fully saturated rings. The standard InChI is InChI=1S/C58H80N10O9/c1-36(60-5)52(71)66-51(58(2,3)4)56(75)68-34-41(32-48(68)54(73)64-45-26-14-22-39-20-10-12-24-43(39)45)62-50(70)29-15-28-49(69)61-30-16-27-46(65-57(76)77-35-37-17-7-6-8-18-37)55(74)67-33-40(59)31-47(67)53(72)63-44-25-13-21-38-19-9-11-23-42(38)44/h6-12,17-20,23-24,36,40-41,44-48,51,60H,13-16,21-22,25-35,59H2,1-5H3,(H,61,69)(H,62,70)(H,63,72)(H,64,73)(H,65,76)(H,66,71)/t36-,40-,41-,44+,45+,46-,47-,48-,51+/m0/s1. The Bertz CT molecular complexity index is 2570. The Morgan fingerprint density at radius 3 is 1.87 bits per heavy atom. The van der Waals surface area contributed by atoms with E-state index in [0.29, 0.717) is 0 Å². The third kappa shape index (κ3) is 15.6. The third-order valence-electron chi connectivity index (χ3n) is 15.4. The van der Waals surface area contributed by atoms with Crippen LogP contribution in [0.2, 0.25) is 0 Å². The van der Waals surface area contributed by atoms with E-state index in [2.05, 4.69) is 49.4 Å². The molecular weight excluding hydrogens is 981 g/mol. The number of hydrogen-bond donors (Lipinski definition) is 8. The maximum Gasteiger partial charge on any atom is 0.408 e. The van der Waals surface area contributed by atoms with Gasteiger partial charge in [-0.25, -0.2) is 4.79 Å². The molecule has 0 bridgehead atoms. The van der Waals surface area contributed by atoms with Crippen LogP contribution in [0.3, 0.4) is 0 Å². The normalized spacial score (nSPS) is 22.0. The number of fused-ring (bicyclic) bond motifs is 2. The van der Waals surface area contributed by atoms with Crippen molar-refractivity contribution in [3.8, 4) is 0 Å². The van der Waals surface area contributed by atoms with Crippen LogP contribution in [0.15, 0.2) is 78.9 Å². The van der Waals surface area contributed by atoms with E-state index < -0.39 is 65.6 Å². The Balaban J connectivity index is 0.924. The minimum absolute atomic E-state index is 0.00172. The Morgan fingerprint density at radius 1 is 0.688 bits per heavy atom. The Hall–Kier alpha value is -6.86. The summed E-state index contributed by atoms with van der Waals surface area (Å²) in [5.41, 5.74) is 10.9. The van der Waals surface area contributed by atoms with Crippen LogP contribution in [0.1, 0.15) is 138 Å². The van der Waals surface area contributed by atoms with E-state index >= 15 is 0 Å². The summed E-state index contributed by atoms with van der Waals surface area (Å²) in [7, 11) is 1.65. The molecule has 2 aliphatic heterocycles. The molecule has 3 aromatic carbocycles. The number of amides is 8. The Labute approximate surface area is 452 Å². The van der Waals surface area contributed by atoms with Crippen LogP contribution in [-0.4, -0.2) is 126 Å². The second-order valence-electron chi connectivity index (χ2n) is 22.2. The molecule has 19 nitrogen and oxygen atoms in total. The number of benzene rings is 3. The van der Waals surface area contributed by atoms with Gasteiger partial charge >= 0.3 is 6.09 Å². The van der Waals surface area contributed by atoms with E-state index in [-0.39, 0.29) is 113 Å². The highest BCUT2D eigenvalue weighted by Crippen LogP contribution is 2.33. The quantitative estimate of drug-likeness (QED) is 0.0710. The van der Waals surface area contributed by atoms with Crippen molar-refractivity contribution in [1.29, 1.82) is 0 Å². The van der Waals surface area contributed by atoms with Gasteiger partial charge in [0, 0.05) is 44.6 Å². The molecule has 9 N–H and O–H groups in total. The van der Waals surface area contributed by atoms with Crippen LogP contribution in [0, 0.1) is 5.41 Å². The summed E-state index contributed by atoms with van der Waals surface area (Å²) >= 11 is 0. The lowest BCUT2D eigenvalue weighted by atomic mass is 9.85. The van der Waals surface area contributed by atoms with Gasteiger partial charge in [-0.2, -0.15) is 0 Å². The van der Waals surface area contributed by atoms with Gasteiger partial charge in [-0.05, 0) is 118 Å². The molecule has 4 aliphatic rings. The number of nitrogens with zero attached hydrogens (tertiary/aromatic N) is 2. The fraction of sp³-hybridized carbons (Fsp3) is 0.552. The molecule has 416 valence electrons. The van der Waals surface area contributed by atoms with Crippen molar-refractivity contribution in [2.75, 3.05) is 26.7 Å². The molecule has 19 heteroatoms. The molecule has 2 aliphatic carbocycles. The molecule has 9 atom stereocenters. The molecule has 0 saturated carbocycles. The van der Waals surface area contributed by atoms with Crippen LogP contribution < -0.4 is 43.0 Å². The summed E-state index contributed by atoms with van der Waals surface area (Å²) in [6, 6.07) is 19.3. The second-order valence-corrected chi connectivity index (χ2v) is 22.2. The average Bonchev–Trinajstić information content (AvgIpc) is 4.09. The number of carbonyl (C=O) groups is 8. The number of nitrogens with one attached hydrogen (secondary N) is 7. The zero-order valence-electron chi connectivity index (χ0n) is 45.4. The third-order valence-corrected chi connectivity index (χ3v) is 15.4. The first-order chi connectivity index (χ1) is 36.9. The van der Waals surface area contributed by atoms with Crippen molar-refractivity contribution in [3.63, 3.8) is 0 Å². The molecule has 2 heterocycles. The Morgan fingerprint density at radius 2 is 1.26 bits per heavy atom. The first kappa shape index (κ1) is 57.8. The maximum absolute atomic E-state index is 14.5. The molecule has 3 aromatic rings. The number of aryl methyl sites for hydroxylation is 2. The zero-order valence-corrected chi connectivity index (χ0v) is 45.4. The van der Waals surface area contributed by atoms with Crippen molar-refractivity contribution in [2.45, 2.75) is 172 Å². The first-order valence-corrected chi connectivity index (χ1v) is 27.5. The van der Waals surface area contributed by atoms with E-state index in [9.17, 15) is 38.4 Å². The van der Waals surface area contributed by atoms with Gasteiger partial charge in [0.25, 0.3) is 0 Å². The van der Waals surface area contributed by atoms with Gasteiger partial charge in [0.05, 0.1) is 18.1 Å². The van der Waals surface area contributed by atoms with Crippen LogP contribution in [-0.2, 0) is 57.7 Å². The molecule has 0 aromatic heterocycles. The molecule has 0 unspecified atom stereocenters. The highest BCUT2D eigenvalue weighted by molar-refractivity contribution is 5.95. The number of rotatable bonds is 21. The molecule has 0 radical (unpaired) electrons. The van der Waals surface area contributed by atoms with Crippen molar-refractivity contribution in [1.82, 2.24) is 47.0 Å². The summed E-state index contributed by atoms with van der Waals surface area (Å²) in [5, 5.41) is 20.8. The molecule has 2 saturated heterocycles. The fourth-order valence-corrected chi connectivity index (χ4v) is 11.0. The number of hydrogen-bond acceptors (Lipinski definition) is 11. The highest BCUT2D eigenvalue weighted by Gasteiger charge is 2.46. The smallest absolute Gasteiger partial charge is 0.408 e. The van der Waals surface area contributed by atoms with Gasteiger partial charge in [0.2, 0.25) is 41.4 Å². The minimum atomic E-state index is -1.09. The Kier molecular flexibility index (Phi) is 20.2. The topological polar surface area (TPSA) is 262 Å². The lowest BCUT2D eigenvalue weighted by Crippen LogP contribution is -2.59. The van der Waals surface area contributed by atoms with Crippen molar-refractivity contribution < 1.29 is 43.1 Å². The van der Waals surface area contributed by atoms with E-state index in [1.807, 2.05) is 87.5 Å². The predicted molar refractivity (Wildman–Crippen MR) is 290 cm³/mol. The van der Waals surface area contributed by atoms with Crippen LogP contribution in [0.25, 0.3) is 0 Å². The summed E-state index contributed by atoms with van der Waals surface area (Å²) in [6.45, 7) is 7.55. The fourth-order valence-electron chi connectivity index (χ4n) is 11.0. The largest absolute Gasteiger partial charge is 0.445 e. The summed E-state index contributed by atoms with van der Waals surface area (Å²) in [6.07, 6.45) is 5.42. The second kappa shape index (κ2) is 27.0. The van der Waals surface area contributed by atoms with Crippen molar-refractivity contribution >= 4 is 47.4 Å². The average molecular weight is 1060 g/mol. The maximum atomic E-state index is 14.5. The van der Waals surface area contributed by atoms with Crippen LogP contribution >= 0.6 is 0 Å². The van der Waals surface area contributed by atoms with E-state index in [1.165, 1.54) is 20.9 Å². The van der Waals surface area contributed by atoms with Gasteiger partial charge in [0.15, 0.2) is 0 Å². The summed E-state index contributed by atoms with van der Waals surface area (Å²) in [4.78, 5) is 113. The zero-order chi connectivity index (χ0) is 55.2. The molecule has 77 heavy (non-hydrogen) atoms. The van der Waals surface area contributed by atoms with Crippen LogP contribution in [0.4, 0.5) is 4.79 Å². The SMILES string of the molecule is CN[C@@H](C)C(=O)N[C@H](C(=O)N1C[C@@H](NC(=O)CCCC(=O)NCCC[C@H](NC(=O)OCc2ccccc2)C(=O)N2C[C@@H](N)C[C@H]2C(=O)N[C@@H]2CCCc3ccccc32)C[C@H]1C(=O)N[C@@H]1CCCc2ccccc21)C(C)(C)C. The van der Waals surface area contributed by atoms with E-state index in [0.717, 1.165) is 55.2 Å². The molecule has 0 spiro atoms. The highest BCUT2D eigenvalue weighted by atomic mass is 16.5. The number of likely N-dealkylation sites (N-methyl/N-ethyl adjacent to an activating group) is 1. The van der Waals surface area contributed by atoms with Gasteiger partial charge in [-0.3, -0.25) is 33.6 Å². The number of alkyl carbamates (subject to hydrolysis) is 1. The number of nitrogens with two attached hydrogens (primary N) is 1. The van der Waals surface area contributed by atoms with Gasteiger partial charge in [-0.15, -0.1) is 0 Å². The number of carbonyl (C=O) groups excluding carboxylic acids is 8. The van der Waals surface area contributed by atoms with Crippen LogP contribution in [0.5, 0.6) is 0 Å². The van der Waals surface area contributed by atoms with E-state index in [4.69, 9.17) is 10.5 Å². The van der Waals surface area contributed by atoms with Crippen molar-refractivity contribution in [3.05, 3.63) is 107 Å². The van der Waals surface area contributed by atoms with Gasteiger partial charge < -0.3 is 57.5 Å². The summed E-state index contributed by atoms with van der Waals surface area (Å²) in [5.74, 6) is -2.56.